The van der Waals surface area contributed by atoms with Crippen LogP contribution in [0.4, 0.5) is 0 Å². The topological polar surface area (TPSA) is 89.9 Å². The summed E-state index contributed by atoms with van der Waals surface area (Å²) in [7, 11) is 3.16. The summed E-state index contributed by atoms with van der Waals surface area (Å²) < 4.78 is 16.6. The van der Waals surface area contributed by atoms with Crippen LogP contribution in [-0.2, 0) is 13.2 Å². The van der Waals surface area contributed by atoms with Crippen molar-refractivity contribution in [2.45, 2.75) is 26.0 Å². The van der Waals surface area contributed by atoms with Crippen LogP contribution in [0.1, 0.15) is 34.3 Å². The van der Waals surface area contributed by atoms with Gasteiger partial charge in [-0.3, -0.25) is 9.78 Å². The maximum Gasteiger partial charge on any atom is 0.255 e. The van der Waals surface area contributed by atoms with Crippen LogP contribution in [-0.4, -0.2) is 36.8 Å². The largest absolute Gasteiger partial charge is 0.493 e. The van der Waals surface area contributed by atoms with Crippen LogP contribution in [0, 0.1) is 5.92 Å². The lowest BCUT2D eigenvalue weighted by atomic mass is 10.0. The number of benzene rings is 2. The van der Waals surface area contributed by atoms with Crippen LogP contribution >= 0.6 is 0 Å². The first-order chi connectivity index (χ1) is 16.1. The fourth-order valence-electron chi connectivity index (χ4n) is 3.57. The van der Waals surface area contributed by atoms with Gasteiger partial charge in [0.25, 0.3) is 5.91 Å². The van der Waals surface area contributed by atoms with Crippen molar-refractivity contribution in [1.29, 1.82) is 0 Å². The molecule has 2 N–H and O–H groups in total. The van der Waals surface area contributed by atoms with Gasteiger partial charge in [0.1, 0.15) is 5.75 Å². The summed E-state index contributed by atoms with van der Waals surface area (Å²) in [5, 5.41) is 12.7. The third-order valence-corrected chi connectivity index (χ3v) is 5.63. The smallest absolute Gasteiger partial charge is 0.255 e. The number of amides is 1. The standard InChI is InChI=1S/C26H28N2O5/c1-31-23-9-7-18(12-24(23)32-2)14-28-26(30)21-13-19(25-20(15-29)4-3-11-27-25)8-10-22(21)33-16-17-5-6-17/h3-4,7-13,17,29H,5-6,14-16H2,1-2H3,(H,28,30). The van der Waals surface area contributed by atoms with Crippen LogP contribution in [0.15, 0.2) is 54.7 Å². The number of aliphatic hydroxyl groups excluding tert-OH is 1. The first-order valence-electron chi connectivity index (χ1n) is 10.9. The maximum absolute atomic E-state index is 13.2. The van der Waals surface area contributed by atoms with Gasteiger partial charge in [0.15, 0.2) is 11.5 Å². The highest BCUT2D eigenvalue weighted by Crippen LogP contribution is 2.32. The molecule has 1 aliphatic rings. The molecule has 3 aromatic rings. The molecule has 7 nitrogen and oxygen atoms in total. The Bertz CT molecular complexity index is 1130. The predicted molar refractivity (Wildman–Crippen MR) is 125 cm³/mol. The lowest BCUT2D eigenvalue weighted by Crippen LogP contribution is -2.23. The van der Waals surface area contributed by atoms with Crippen LogP contribution in [0.3, 0.4) is 0 Å². The van der Waals surface area contributed by atoms with E-state index >= 15 is 0 Å². The highest BCUT2D eigenvalue weighted by Gasteiger charge is 2.23. The zero-order valence-corrected chi connectivity index (χ0v) is 18.8. The van der Waals surface area contributed by atoms with E-state index in [9.17, 15) is 9.90 Å². The molecular weight excluding hydrogens is 420 g/mol. The van der Waals surface area contributed by atoms with Crippen molar-refractivity contribution in [3.05, 3.63) is 71.4 Å². The fourth-order valence-corrected chi connectivity index (χ4v) is 3.57. The molecule has 0 saturated heterocycles. The number of pyridine rings is 1. The Morgan fingerprint density at radius 3 is 2.58 bits per heavy atom. The van der Waals surface area contributed by atoms with E-state index in [2.05, 4.69) is 10.3 Å². The summed E-state index contributed by atoms with van der Waals surface area (Å²) in [6.07, 6.45) is 3.99. The predicted octanol–water partition coefficient (Wildman–Crippen LogP) is 3.98. The molecule has 4 rings (SSSR count). The van der Waals surface area contributed by atoms with E-state index in [4.69, 9.17) is 14.2 Å². The molecule has 33 heavy (non-hydrogen) atoms. The van der Waals surface area contributed by atoms with Gasteiger partial charge in [-0.1, -0.05) is 12.1 Å². The molecular formula is C26H28N2O5. The molecule has 0 spiro atoms. The molecule has 1 heterocycles. The van der Waals surface area contributed by atoms with Crippen molar-refractivity contribution in [2.24, 2.45) is 5.92 Å². The number of ether oxygens (including phenoxy) is 3. The number of hydrogen-bond acceptors (Lipinski definition) is 6. The summed E-state index contributed by atoms with van der Waals surface area (Å²) >= 11 is 0. The molecule has 0 unspecified atom stereocenters. The molecule has 2 aromatic carbocycles. The molecule has 0 atom stereocenters. The Labute approximate surface area is 193 Å². The Hall–Kier alpha value is -3.58. The fraction of sp³-hybridized carbons (Fsp3) is 0.308. The number of carbonyl (C=O) groups excluding carboxylic acids is 1. The molecule has 0 bridgehead atoms. The van der Waals surface area contributed by atoms with Crippen molar-refractivity contribution in [3.63, 3.8) is 0 Å². The molecule has 0 radical (unpaired) electrons. The minimum absolute atomic E-state index is 0.135. The average Bonchev–Trinajstić information content (AvgIpc) is 3.70. The number of methoxy groups -OCH3 is 2. The number of rotatable bonds is 10. The van der Waals surface area contributed by atoms with Gasteiger partial charge in [-0.15, -0.1) is 0 Å². The first kappa shape index (κ1) is 22.6. The van der Waals surface area contributed by atoms with E-state index in [0.29, 0.717) is 53.1 Å². The van der Waals surface area contributed by atoms with Gasteiger partial charge in [-0.25, -0.2) is 0 Å². The SMILES string of the molecule is COc1ccc(CNC(=O)c2cc(-c3ncccc3CO)ccc2OCC2CC2)cc1OC. The van der Waals surface area contributed by atoms with Crippen molar-refractivity contribution in [3.8, 4) is 28.5 Å². The van der Waals surface area contributed by atoms with Gasteiger partial charge in [0.2, 0.25) is 0 Å². The number of aliphatic hydroxyl groups is 1. The van der Waals surface area contributed by atoms with Crippen molar-refractivity contribution in [1.82, 2.24) is 10.3 Å². The number of nitrogens with zero attached hydrogens (tertiary/aromatic N) is 1. The van der Waals surface area contributed by atoms with Gasteiger partial charge >= 0.3 is 0 Å². The lowest BCUT2D eigenvalue weighted by molar-refractivity contribution is 0.0946. The summed E-state index contributed by atoms with van der Waals surface area (Å²) in [6.45, 7) is 0.779. The van der Waals surface area contributed by atoms with Crippen LogP contribution in [0.2, 0.25) is 0 Å². The van der Waals surface area contributed by atoms with E-state index < -0.39 is 0 Å². The second-order valence-corrected chi connectivity index (χ2v) is 8.01. The third kappa shape index (κ3) is 5.43. The Morgan fingerprint density at radius 2 is 1.85 bits per heavy atom. The average molecular weight is 449 g/mol. The quantitative estimate of drug-likeness (QED) is 0.488. The van der Waals surface area contributed by atoms with E-state index in [1.807, 2.05) is 30.3 Å². The zero-order valence-electron chi connectivity index (χ0n) is 18.8. The molecule has 1 aliphatic carbocycles. The van der Waals surface area contributed by atoms with E-state index in [0.717, 1.165) is 24.0 Å². The number of nitrogens with one attached hydrogen (secondary N) is 1. The van der Waals surface area contributed by atoms with E-state index in [1.54, 1.807) is 38.6 Å². The molecule has 0 aliphatic heterocycles. The maximum atomic E-state index is 13.2. The highest BCUT2D eigenvalue weighted by molar-refractivity contribution is 5.98. The van der Waals surface area contributed by atoms with Gasteiger partial charge < -0.3 is 24.6 Å². The minimum atomic E-state index is -0.251. The van der Waals surface area contributed by atoms with Gasteiger partial charge in [-0.2, -0.15) is 0 Å². The molecule has 172 valence electrons. The normalized spacial score (nSPS) is 12.8. The Kier molecular flexibility index (Phi) is 7.10. The van der Waals surface area contributed by atoms with E-state index in [1.165, 1.54) is 0 Å². The van der Waals surface area contributed by atoms with Crippen molar-refractivity contribution in [2.75, 3.05) is 20.8 Å². The highest BCUT2D eigenvalue weighted by atomic mass is 16.5. The molecule has 1 saturated carbocycles. The first-order valence-corrected chi connectivity index (χ1v) is 10.9. The molecule has 1 fully saturated rings. The molecule has 1 amide bonds. The van der Waals surface area contributed by atoms with Gasteiger partial charge in [0, 0.05) is 23.9 Å². The molecule has 1 aromatic heterocycles. The van der Waals surface area contributed by atoms with Crippen LogP contribution in [0.25, 0.3) is 11.3 Å². The van der Waals surface area contributed by atoms with Crippen LogP contribution < -0.4 is 19.5 Å². The van der Waals surface area contributed by atoms with Gasteiger partial charge in [-0.05, 0) is 60.7 Å². The Morgan fingerprint density at radius 1 is 1.06 bits per heavy atom. The molecule has 7 heteroatoms. The number of hydrogen-bond donors (Lipinski definition) is 2. The summed E-state index contributed by atoms with van der Waals surface area (Å²) in [4.78, 5) is 17.6. The lowest BCUT2D eigenvalue weighted by Gasteiger charge is -2.15. The second kappa shape index (κ2) is 10.4. The summed E-state index contributed by atoms with van der Waals surface area (Å²) in [5.74, 6) is 2.08. The summed E-state index contributed by atoms with van der Waals surface area (Å²) in [5.41, 5.74) is 3.39. The van der Waals surface area contributed by atoms with Crippen molar-refractivity contribution < 1.29 is 24.1 Å². The second-order valence-electron chi connectivity index (χ2n) is 8.01. The number of aromatic nitrogens is 1. The van der Waals surface area contributed by atoms with Crippen LogP contribution in [0.5, 0.6) is 17.2 Å². The number of carbonyl (C=O) groups is 1. The monoisotopic (exact) mass is 448 g/mol. The van der Waals surface area contributed by atoms with E-state index in [-0.39, 0.29) is 12.5 Å². The zero-order chi connectivity index (χ0) is 23.2. The van der Waals surface area contributed by atoms with Gasteiger partial charge in [0.05, 0.1) is 38.7 Å². The Balaban J connectivity index is 1.58. The third-order valence-electron chi connectivity index (χ3n) is 5.63. The minimum Gasteiger partial charge on any atom is -0.493 e. The van der Waals surface area contributed by atoms with Crippen molar-refractivity contribution >= 4 is 5.91 Å². The summed E-state index contributed by atoms with van der Waals surface area (Å²) in [6, 6.07) is 14.6.